The second-order valence-corrected chi connectivity index (χ2v) is 10.9. The van der Waals surface area contributed by atoms with Gasteiger partial charge in [0.25, 0.3) is 10.0 Å². The van der Waals surface area contributed by atoms with Crippen LogP contribution in [-0.2, 0) is 26.2 Å². The molecule has 3 aromatic carbocycles. The zero-order valence-electron chi connectivity index (χ0n) is 21.2. The molecule has 0 spiro atoms. The summed E-state index contributed by atoms with van der Waals surface area (Å²) in [5.41, 5.74) is 1.77. The molecule has 0 aliphatic rings. The van der Waals surface area contributed by atoms with E-state index < -0.39 is 28.5 Å². The summed E-state index contributed by atoms with van der Waals surface area (Å²) >= 11 is 6.14. The summed E-state index contributed by atoms with van der Waals surface area (Å²) in [7, 11) is -4.11. The number of sulfonamides is 1. The molecular weight excluding hydrogens is 510 g/mol. The molecule has 1 N–H and O–H groups in total. The van der Waals surface area contributed by atoms with Crippen molar-refractivity contribution in [1.82, 2.24) is 10.2 Å². The van der Waals surface area contributed by atoms with E-state index >= 15 is 0 Å². The fourth-order valence-corrected chi connectivity index (χ4v) is 5.85. The topological polar surface area (TPSA) is 86.8 Å². The van der Waals surface area contributed by atoms with Crippen LogP contribution in [0.25, 0.3) is 0 Å². The summed E-state index contributed by atoms with van der Waals surface area (Å²) in [6.07, 6.45) is 0.371. The lowest BCUT2D eigenvalue weighted by Gasteiger charge is -2.33. The smallest absolute Gasteiger partial charge is 0.264 e. The van der Waals surface area contributed by atoms with Gasteiger partial charge in [0.2, 0.25) is 11.8 Å². The van der Waals surface area contributed by atoms with Gasteiger partial charge in [-0.15, -0.1) is 0 Å². The maximum atomic E-state index is 13.9. The Balaban J connectivity index is 2.07. The molecule has 0 saturated heterocycles. The van der Waals surface area contributed by atoms with Crippen LogP contribution in [-0.4, -0.2) is 44.3 Å². The first-order valence-electron chi connectivity index (χ1n) is 12.1. The third-order valence-electron chi connectivity index (χ3n) is 5.97. The quantitative estimate of drug-likeness (QED) is 0.378. The Kier molecular flexibility index (Phi) is 9.72. The molecule has 0 saturated carbocycles. The van der Waals surface area contributed by atoms with Crippen molar-refractivity contribution in [1.29, 1.82) is 0 Å². The summed E-state index contributed by atoms with van der Waals surface area (Å²) < 4.78 is 28.7. The van der Waals surface area contributed by atoms with Crippen molar-refractivity contribution >= 4 is 39.1 Å². The Morgan fingerprint density at radius 3 is 2.14 bits per heavy atom. The molecular formula is C28H32ClN3O4S. The number of hydrogen-bond donors (Lipinski definition) is 1. The molecule has 37 heavy (non-hydrogen) atoms. The van der Waals surface area contributed by atoms with E-state index in [9.17, 15) is 18.0 Å². The Labute approximate surface area is 224 Å². The van der Waals surface area contributed by atoms with Gasteiger partial charge in [-0.05, 0) is 61.7 Å². The lowest BCUT2D eigenvalue weighted by Crippen LogP contribution is -2.52. The number of carbonyl (C=O) groups excluding carboxylic acids is 2. The van der Waals surface area contributed by atoms with Gasteiger partial charge in [0.05, 0.1) is 10.6 Å². The third-order valence-corrected chi connectivity index (χ3v) is 7.98. The number of nitrogens with zero attached hydrogens (tertiary/aromatic N) is 2. The monoisotopic (exact) mass is 541 g/mol. The summed E-state index contributed by atoms with van der Waals surface area (Å²) in [5.74, 6) is -0.773. The van der Waals surface area contributed by atoms with E-state index in [-0.39, 0.29) is 17.3 Å². The summed E-state index contributed by atoms with van der Waals surface area (Å²) in [6, 6.07) is 21.4. The minimum atomic E-state index is -4.11. The second kappa shape index (κ2) is 12.7. The number of likely N-dealkylation sites (N-methyl/N-ethyl adjacent to an activating group) is 1. The maximum Gasteiger partial charge on any atom is 0.264 e. The molecule has 0 aromatic heterocycles. The number of halogens is 1. The van der Waals surface area contributed by atoms with Crippen molar-refractivity contribution in [3.05, 3.63) is 95.0 Å². The Morgan fingerprint density at radius 1 is 0.946 bits per heavy atom. The molecule has 0 aliphatic heterocycles. The number of hydrogen-bond acceptors (Lipinski definition) is 4. The van der Waals surface area contributed by atoms with Gasteiger partial charge in [0.1, 0.15) is 12.6 Å². The highest BCUT2D eigenvalue weighted by molar-refractivity contribution is 7.92. The van der Waals surface area contributed by atoms with E-state index in [0.717, 1.165) is 9.87 Å². The van der Waals surface area contributed by atoms with E-state index in [1.165, 1.54) is 17.0 Å². The molecule has 3 rings (SSSR count). The van der Waals surface area contributed by atoms with E-state index in [1.807, 2.05) is 44.2 Å². The fraction of sp³-hybridized carbons (Fsp3) is 0.286. The van der Waals surface area contributed by atoms with Gasteiger partial charge in [-0.3, -0.25) is 13.9 Å². The van der Waals surface area contributed by atoms with Crippen LogP contribution < -0.4 is 9.62 Å². The molecule has 0 heterocycles. The highest BCUT2D eigenvalue weighted by Gasteiger charge is 2.34. The van der Waals surface area contributed by atoms with E-state index in [2.05, 4.69) is 5.32 Å². The number of nitrogens with one attached hydrogen (secondary N) is 1. The third kappa shape index (κ3) is 6.90. The molecule has 0 aliphatic carbocycles. The van der Waals surface area contributed by atoms with Crippen molar-refractivity contribution in [3.8, 4) is 0 Å². The van der Waals surface area contributed by atoms with Crippen LogP contribution in [0.3, 0.4) is 0 Å². The Hall–Kier alpha value is -3.36. The standard InChI is InChI=1S/C28H32ClN3O4S/c1-4-25(28(34)30-5-2)31(19-22-12-8-6-9-13-22)27(33)20-32(26-17-16-23(29)18-21(26)3)37(35,36)24-14-10-7-11-15-24/h6-18,25H,4-5,19-20H2,1-3H3,(H,30,34)/t25-/m1/s1. The minimum Gasteiger partial charge on any atom is -0.355 e. The Morgan fingerprint density at radius 2 is 1.57 bits per heavy atom. The van der Waals surface area contributed by atoms with E-state index in [0.29, 0.717) is 29.2 Å². The summed E-state index contributed by atoms with van der Waals surface area (Å²) in [6.45, 7) is 5.47. The zero-order valence-corrected chi connectivity index (χ0v) is 22.8. The summed E-state index contributed by atoms with van der Waals surface area (Å²) in [5, 5.41) is 3.25. The number of rotatable bonds is 11. The number of carbonyl (C=O) groups is 2. The lowest BCUT2D eigenvalue weighted by molar-refractivity contribution is -0.140. The van der Waals surface area contributed by atoms with Crippen LogP contribution in [0.4, 0.5) is 5.69 Å². The average molecular weight is 542 g/mol. The van der Waals surface area contributed by atoms with Gasteiger partial charge in [-0.25, -0.2) is 8.42 Å². The van der Waals surface area contributed by atoms with Crippen LogP contribution in [0.15, 0.2) is 83.8 Å². The van der Waals surface area contributed by atoms with Gasteiger partial charge in [0, 0.05) is 18.1 Å². The van der Waals surface area contributed by atoms with Gasteiger partial charge < -0.3 is 10.2 Å². The predicted octanol–water partition coefficient (Wildman–Crippen LogP) is 4.79. The van der Waals surface area contributed by atoms with Gasteiger partial charge in [-0.2, -0.15) is 0 Å². The average Bonchev–Trinajstić information content (AvgIpc) is 2.88. The molecule has 7 nitrogen and oxygen atoms in total. The molecule has 0 radical (unpaired) electrons. The van der Waals surface area contributed by atoms with Crippen molar-refractivity contribution in [2.45, 2.75) is 44.7 Å². The van der Waals surface area contributed by atoms with Crippen molar-refractivity contribution in [2.24, 2.45) is 0 Å². The molecule has 1 atom stereocenters. The highest BCUT2D eigenvalue weighted by atomic mass is 35.5. The van der Waals surface area contributed by atoms with E-state index in [4.69, 9.17) is 11.6 Å². The van der Waals surface area contributed by atoms with Crippen molar-refractivity contribution in [3.63, 3.8) is 0 Å². The first-order chi connectivity index (χ1) is 17.7. The Bertz CT molecular complexity index is 1320. The van der Waals surface area contributed by atoms with Crippen LogP contribution in [0.2, 0.25) is 5.02 Å². The van der Waals surface area contributed by atoms with Crippen LogP contribution in [0, 0.1) is 6.92 Å². The maximum absolute atomic E-state index is 13.9. The number of aryl methyl sites for hydroxylation is 1. The van der Waals surface area contributed by atoms with Gasteiger partial charge >= 0.3 is 0 Å². The largest absolute Gasteiger partial charge is 0.355 e. The van der Waals surface area contributed by atoms with Gasteiger partial charge in [0.15, 0.2) is 0 Å². The molecule has 0 fully saturated rings. The first-order valence-corrected chi connectivity index (χ1v) is 14.0. The fourth-order valence-electron chi connectivity index (χ4n) is 4.12. The minimum absolute atomic E-state index is 0.0579. The van der Waals surface area contributed by atoms with Crippen molar-refractivity contribution in [2.75, 3.05) is 17.4 Å². The molecule has 3 aromatic rings. The lowest BCUT2D eigenvalue weighted by atomic mass is 10.1. The molecule has 196 valence electrons. The normalized spacial score (nSPS) is 12.0. The number of benzene rings is 3. The predicted molar refractivity (Wildman–Crippen MR) is 147 cm³/mol. The van der Waals surface area contributed by atoms with E-state index in [1.54, 1.807) is 43.3 Å². The molecule has 9 heteroatoms. The van der Waals surface area contributed by atoms with Crippen LogP contribution >= 0.6 is 11.6 Å². The number of amides is 2. The first kappa shape index (κ1) is 28.2. The van der Waals surface area contributed by atoms with Gasteiger partial charge in [-0.1, -0.05) is 67.1 Å². The van der Waals surface area contributed by atoms with Crippen LogP contribution in [0.1, 0.15) is 31.4 Å². The van der Waals surface area contributed by atoms with Crippen molar-refractivity contribution < 1.29 is 18.0 Å². The summed E-state index contributed by atoms with van der Waals surface area (Å²) in [4.78, 5) is 28.4. The zero-order chi connectivity index (χ0) is 27.0. The highest BCUT2D eigenvalue weighted by Crippen LogP contribution is 2.29. The molecule has 0 unspecified atom stereocenters. The second-order valence-electron chi connectivity index (χ2n) is 8.58. The SMILES string of the molecule is CCNC(=O)[C@@H](CC)N(Cc1ccccc1)C(=O)CN(c1ccc(Cl)cc1C)S(=O)(=O)c1ccccc1. The number of anilines is 1. The molecule has 0 bridgehead atoms. The molecule has 2 amide bonds. The van der Waals surface area contributed by atoms with Crippen LogP contribution in [0.5, 0.6) is 0 Å².